The molecule has 212 valence electrons. The lowest BCUT2D eigenvalue weighted by atomic mass is 10.0. The number of carbonyl (C=O) groups excluding carboxylic acids is 1. The Morgan fingerprint density at radius 1 is 0.927 bits per heavy atom. The lowest BCUT2D eigenvalue weighted by Gasteiger charge is -2.26. The number of rotatable bonds is 8. The molecule has 1 amide bonds. The number of aryl methyl sites for hydroxylation is 3. The van der Waals surface area contributed by atoms with Gasteiger partial charge in [-0.1, -0.05) is 48.4 Å². The lowest BCUT2D eigenvalue weighted by molar-refractivity contribution is 0.0978. The van der Waals surface area contributed by atoms with Crippen molar-refractivity contribution in [1.29, 1.82) is 0 Å². The molecule has 0 aliphatic carbocycles. The molecule has 8 nitrogen and oxygen atoms in total. The summed E-state index contributed by atoms with van der Waals surface area (Å²) in [7, 11) is -4.20. The topological polar surface area (TPSA) is 101 Å². The fourth-order valence-corrected chi connectivity index (χ4v) is 6.13. The summed E-state index contributed by atoms with van der Waals surface area (Å²) in [5, 5.41) is -0.254. The van der Waals surface area contributed by atoms with Crippen molar-refractivity contribution in [2.45, 2.75) is 51.6 Å². The largest absolute Gasteiger partial charge is 0.438 e. The molecule has 1 N–H and O–H groups in total. The van der Waals surface area contributed by atoms with Crippen LogP contribution in [0, 0.1) is 20.8 Å². The summed E-state index contributed by atoms with van der Waals surface area (Å²) in [5.74, 6) is -0.264. The van der Waals surface area contributed by atoms with E-state index in [0.717, 1.165) is 41.9 Å². The van der Waals surface area contributed by atoms with Crippen LogP contribution in [0.1, 0.15) is 51.9 Å². The number of amides is 1. The van der Waals surface area contributed by atoms with E-state index >= 15 is 0 Å². The van der Waals surface area contributed by atoms with Crippen molar-refractivity contribution < 1.29 is 17.9 Å². The van der Waals surface area contributed by atoms with Crippen molar-refractivity contribution in [2.75, 3.05) is 13.1 Å². The molecular weight excluding hydrogens is 536 g/mol. The average molecular weight is 571 g/mol. The molecule has 41 heavy (non-hydrogen) atoms. The number of nitrogens with zero attached hydrogens (tertiary/aromatic N) is 3. The van der Waals surface area contributed by atoms with Crippen LogP contribution in [0.2, 0.25) is 0 Å². The molecule has 0 bridgehead atoms. The summed E-state index contributed by atoms with van der Waals surface area (Å²) in [6.45, 7) is 8.91. The highest BCUT2D eigenvalue weighted by Crippen LogP contribution is 2.33. The van der Waals surface area contributed by atoms with E-state index in [1.54, 1.807) is 24.3 Å². The Morgan fingerprint density at radius 2 is 1.68 bits per heavy atom. The van der Waals surface area contributed by atoms with Crippen LogP contribution >= 0.6 is 0 Å². The van der Waals surface area contributed by atoms with Crippen molar-refractivity contribution in [2.24, 2.45) is 0 Å². The fraction of sp³-hybridized carbons (Fsp3) is 0.281. The Hall–Kier alpha value is -4.08. The summed E-state index contributed by atoms with van der Waals surface area (Å²) < 4.78 is 34.1. The molecule has 1 saturated heterocycles. The van der Waals surface area contributed by atoms with E-state index in [0.29, 0.717) is 11.4 Å². The molecule has 2 aromatic carbocycles. The van der Waals surface area contributed by atoms with Crippen LogP contribution < -0.4 is 9.46 Å². The van der Waals surface area contributed by atoms with Gasteiger partial charge in [-0.25, -0.2) is 14.7 Å². The van der Waals surface area contributed by atoms with Gasteiger partial charge in [-0.15, -0.1) is 0 Å². The number of carbonyl (C=O) groups is 1. The lowest BCUT2D eigenvalue weighted by Crippen LogP contribution is -2.31. The van der Waals surface area contributed by atoms with E-state index in [1.165, 1.54) is 37.1 Å². The molecule has 0 atom stereocenters. The molecule has 1 fully saturated rings. The summed E-state index contributed by atoms with van der Waals surface area (Å²) in [4.78, 5) is 24.4. The van der Waals surface area contributed by atoms with E-state index < -0.39 is 15.9 Å². The van der Waals surface area contributed by atoms with E-state index in [1.807, 2.05) is 45.0 Å². The molecule has 0 spiro atoms. The molecule has 1 aliphatic heterocycles. The van der Waals surface area contributed by atoms with Crippen LogP contribution in [0.5, 0.6) is 11.6 Å². The third kappa shape index (κ3) is 6.81. The van der Waals surface area contributed by atoms with Crippen molar-refractivity contribution in [3.05, 3.63) is 101 Å². The second kappa shape index (κ2) is 12.2. The normalized spacial score (nSPS) is 14.0. The maximum Gasteiger partial charge on any atom is 0.281 e. The van der Waals surface area contributed by atoms with Gasteiger partial charge in [0.05, 0.1) is 5.69 Å². The van der Waals surface area contributed by atoms with Gasteiger partial charge >= 0.3 is 0 Å². The number of benzene rings is 2. The molecule has 5 rings (SSSR count). The first-order valence-electron chi connectivity index (χ1n) is 13.8. The number of nitrogens with one attached hydrogen (secondary N) is 1. The maximum absolute atomic E-state index is 13.3. The Kier molecular flexibility index (Phi) is 8.46. The van der Waals surface area contributed by atoms with Crippen molar-refractivity contribution >= 4 is 15.9 Å². The number of sulfonamides is 1. The monoisotopic (exact) mass is 570 g/mol. The molecule has 0 radical (unpaired) electrons. The highest BCUT2D eigenvalue weighted by molar-refractivity contribution is 7.90. The molecule has 0 saturated carbocycles. The predicted octanol–water partition coefficient (Wildman–Crippen LogP) is 5.97. The highest BCUT2D eigenvalue weighted by atomic mass is 32.2. The number of pyridine rings is 2. The van der Waals surface area contributed by atoms with Gasteiger partial charge in [0.2, 0.25) is 5.88 Å². The van der Waals surface area contributed by atoms with Gasteiger partial charge in [-0.3, -0.25) is 9.69 Å². The third-order valence-electron chi connectivity index (χ3n) is 7.13. The number of hydrogen-bond acceptors (Lipinski definition) is 7. The van der Waals surface area contributed by atoms with E-state index in [-0.39, 0.29) is 16.5 Å². The zero-order chi connectivity index (χ0) is 29.0. The first-order chi connectivity index (χ1) is 19.7. The summed E-state index contributed by atoms with van der Waals surface area (Å²) in [6, 6.07) is 19.9. The third-order valence-corrected chi connectivity index (χ3v) is 8.37. The Morgan fingerprint density at radius 3 is 2.39 bits per heavy atom. The first kappa shape index (κ1) is 28.4. The quantitative estimate of drug-likeness (QED) is 0.279. The van der Waals surface area contributed by atoms with Gasteiger partial charge in [0, 0.05) is 18.3 Å². The minimum absolute atomic E-state index is 0.00268. The van der Waals surface area contributed by atoms with Crippen LogP contribution in [0.4, 0.5) is 0 Å². The van der Waals surface area contributed by atoms with Gasteiger partial charge in [-0.2, -0.15) is 8.42 Å². The Labute approximate surface area is 241 Å². The van der Waals surface area contributed by atoms with Crippen molar-refractivity contribution in [1.82, 2.24) is 19.6 Å². The summed E-state index contributed by atoms with van der Waals surface area (Å²) >= 11 is 0. The van der Waals surface area contributed by atoms with E-state index in [4.69, 9.17) is 9.72 Å². The van der Waals surface area contributed by atoms with Gasteiger partial charge in [0.1, 0.15) is 11.3 Å². The van der Waals surface area contributed by atoms with Gasteiger partial charge in [0.25, 0.3) is 15.9 Å². The number of hydrogen-bond donors (Lipinski definition) is 1. The number of piperidine rings is 1. The zero-order valence-electron chi connectivity index (χ0n) is 23.6. The number of likely N-dealkylation sites (tertiary alicyclic amines) is 1. The first-order valence-corrected chi connectivity index (χ1v) is 15.2. The summed E-state index contributed by atoms with van der Waals surface area (Å²) in [6.07, 6.45) is 5.08. The minimum Gasteiger partial charge on any atom is -0.438 e. The van der Waals surface area contributed by atoms with Crippen LogP contribution in [-0.4, -0.2) is 42.3 Å². The molecule has 9 heteroatoms. The summed E-state index contributed by atoms with van der Waals surface area (Å²) in [5.41, 5.74) is 5.52. The molecule has 0 unspecified atom stereocenters. The van der Waals surface area contributed by atoms with Crippen molar-refractivity contribution in [3.63, 3.8) is 0 Å². The average Bonchev–Trinajstić information content (AvgIpc) is 2.96. The van der Waals surface area contributed by atoms with Crippen LogP contribution in [-0.2, 0) is 16.6 Å². The molecular formula is C32H34N4O4S. The van der Waals surface area contributed by atoms with Gasteiger partial charge < -0.3 is 4.74 Å². The standard InChI is InChI=1S/C32H34N4O4S/c1-22-18-23(2)30(24(3)19-22)40-32-27(31(37)35-41(38,39)29-12-5-6-15-33-29)13-14-28(34-32)26-11-9-10-25(20-26)21-36-16-7-4-8-17-36/h5-6,9-15,18-20H,4,7-8,16-17,21H2,1-3H3,(H,35,37). The number of aromatic nitrogens is 2. The molecule has 2 aromatic heterocycles. The second-order valence-corrected chi connectivity index (χ2v) is 12.1. The van der Waals surface area contributed by atoms with Crippen LogP contribution in [0.3, 0.4) is 0 Å². The van der Waals surface area contributed by atoms with Gasteiger partial charge in [-0.05, 0) is 93.7 Å². The highest BCUT2D eigenvalue weighted by Gasteiger charge is 2.24. The Balaban J connectivity index is 1.51. The minimum atomic E-state index is -4.20. The van der Waals surface area contributed by atoms with E-state index in [9.17, 15) is 13.2 Å². The second-order valence-electron chi connectivity index (χ2n) is 10.5. The zero-order valence-corrected chi connectivity index (χ0v) is 24.4. The molecule has 4 aromatic rings. The van der Waals surface area contributed by atoms with Gasteiger partial charge in [0.15, 0.2) is 5.03 Å². The van der Waals surface area contributed by atoms with Crippen LogP contribution in [0.15, 0.2) is 78.0 Å². The molecule has 1 aliphatic rings. The van der Waals surface area contributed by atoms with Crippen molar-refractivity contribution in [3.8, 4) is 22.9 Å². The Bertz CT molecular complexity index is 1640. The van der Waals surface area contributed by atoms with Crippen LogP contribution in [0.25, 0.3) is 11.3 Å². The molecule has 3 heterocycles. The fourth-order valence-electron chi connectivity index (χ4n) is 5.22. The van der Waals surface area contributed by atoms with E-state index in [2.05, 4.69) is 26.7 Å². The smallest absolute Gasteiger partial charge is 0.281 e. The maximum atomic E-state index is 13.3. The SMILES string of the molecule is Cc1cc(C)c(Oc2nc(-c3cccc(CN4CCCCC4)c3)ccc2C(=O)NS(=O)(=O)c2ccccn2)c(C)c1. The predicted molar refractivity (Wildman–Crippen MR) is 158 cm³/mol. The number of ether oxygens (including phenoxy) is 1.